The Hall–Kier alpha value is -1.95. The highest BCUT2D eigenvalue weighted by Crippen LogP contribution is 2.35. The van der Waals surface area contributed by atoms with E-state index in [0.29, 0.717) is 5.75 Å². The molecular formula is C28H44O14. The Morgan fingerprint density at radius 2 is 1.36 bits per heavy atom. The lowest BCUT2D eigenvalue weighted by Gasteiger charge is -2.45. The van der Waals surface area contributed by atoms with Crippen LogP contribution in [0.5, 0.6) is 5.75 Å². The molecule has 1 aromatic carbocycles. The van der Waals surface area contributed by atoms with Crippen LogP contribution in [0, 0.1) is 0 Å². The summed E-state index contributed by atoms with van der Waals surface area (Å²) in [6.45, 7) is 6.49. The Bertz CT molecular complexity index is 959. The Labute approximate surface area is 244 Å². The summed E-state index contributed by atoms with van der Waals surface area (Å²) in [5, 5.41) is 70.5. The minimum absolute atomic E-state index is 0.0576. The van der Waals surface area contributed by atoms with Crippen LogP contribution in [0.4, 0.5) is 4.79 Å². The molecule has 0 aromatic heterocycles. The molecule has 3 rings (SSSR count). The van der Waals surface area contributed by atoms with Gasteiger partial charge in [-0.15, -0.1) is 0 Å². The van der Waals surface area contributed by atoms with Crippen molar-refractivity contribution in [2.24, 2.45) is 0 Å². The van der Waals surface area contributed by atoms with Crippen molar-refractivity contribution < 1.29 is 69.0 Å². The number of benzene rings is 1. The summed E-state index contributed by atoms with van der Waals surface area (Å²) in [4.78, 5) is 12.4. The van der Waals surface area contributed by atoms with E-state index >= 15 is 0 Å². The Morgan fingerprint density at radius 3 is 1.93 bits per heavy atom. The van der Waals surface area contributed by atoms with Gasteiger partial charge in [-0.25, -0.2) is 4.79 Å². The lowest BCUT2D eigenvalue weighted by molar-refractivity contribution is -0.359. The number of ether oxygens (including phenoxy) is 6. The number of aliphatic hydroxyl groups excluding tert-OH is 7. The maximum Gasteiger partial charge on any atom is 0.513 e. The van der Waals surface area contributed by atoms with E-state index in [9.17, 15) is 40.5 Å². The fourth-order valence-corrected chi connectivity index (χ4v) is 4.82. The summed E-state index contributed by atoms with van der Waals surface area (Å²) in [7, 11) is 0. The van der Waals surface area contributed by atoms with E-state index in [1.807, 2.05) is 45.9 Å². The van der Waals surface area contributed by atoms with Crippen LogP contribution in [-0.2, 0) is 23.7 Å². The number of para-hydroxylation sites is 1. The predicted octanol–water partition coefficient (Wildman–Crippen LogP) is -0.520. The van der Waals surface area contributed by atoms with Gasteiger partial charge < -0.3 is 64.2 Å². The Morgan fingerprint density at radius 1 is 0.786 bits per heavy atom. The molecule has 42 heavy (non-hydrogen) atoms. The monoisotopic (exact) mass is 604 g/mol. The SMILES string of the molecule is CC(C)c1cccc(C(C)C)c1OC(=O)OCCCO[C@@H]1O[C@H](CO)[C@@H](OC2O[C@H](CO)[C@@H](O)[C@H](O)[C@H]2O)[C@H](O)[C@H]1O. The summed E-state index contributed by atoms with van der Waals surface area (Å²) >= 11 is 0. The topological polar surface area (TPSA) is 214 Å². The van der Waals surface area contributed by atoms with Crippen LogP contribution in [0.15, 0.2) is 18.2 Å². The number of carbonyl (C=O) groups excluding carboxylic acids is 1. The molecule has 2 aliphatic rings. The second kappa shape index (κ2) is 15.7. The molecule has 14 nitrogen and oxygen atoms in total. The number of hydrogen-bond acceptors (Lipinski definition) is 14. The number of aliphatic hydroxyl groups is 7. The number of rotatable bonds is 12. The first-order valence-corrected chi connectivity index (χ1v) is 14.1. The average molecular weight is 605 g/mol. The largest absolute Gasteiger partial charge is 0.513 e. The molecule has 2 saturated heterocycles. The second-order valence-corrected chi connectivity index (χ2v) is 11.0. The molecule has 0 bridgehead atoms. The van der Waals surface area contributed by atoms with Gasteiger partial charge in [-0.2, -0.15) is 0 Å². The molecular weight excluding hydrogens is 560 g/mol. The van der Waals surface area contributed by atoms with Gasteiger partial charge in [0.25, 0.3) is 0 Å². The molecule has 0 spiro atoms. The number of carbonyl (C=O) groups is 1. The second-order valence-electron chi connectivity index (χ2n) is 11.0. The first-order valence-electron chi connectivity index (χ1n) is 14.1. The number of hydrogen-bond donors (Lipinski definition) is 7. The van der Waals surface area contributed by atoms with E-state index in [1.165, 1.54) is 0 Å². The quantitative estimate of drug-likeness (QED) is 0.0909. The summed E-state index contributed by atoms with van der Waals surface area (Å²) in [5.41, 5.74) is 1.77. The minimum atomic E-state index is -1.76. The van der Waals surface area contributed by atoms with Gasteiger partial charge in [0.05, 0.1) is 26.4 Å². The predicted molar refractivity (Wildman–Crippen MR) is 144 cm³/mol. The minimum Gasteiger partial charge on any atom is -0.434 e. The average Bonchev–Trinajstić information content (AvgIpc) is 2.96. The molecule has 240 valence electrons. The fraction of sp³-hybridized carbons (Fsp3) is 0.750. The lowest BCUT2D eigenvalue weighted by atomic mass is 9.94. The molecule has 2 heterocycles. The van der Waals surface area contributed by atoms with Gasteiger partial charge in [0, 0.05) is 6.42 Å². The highest BCUT2D eigenvalue weighted by Gasteiger charge is 2.50. The lowest BCUT2D eigenvalue weighted by Crippen LogP contribution is -2.64. The van der Waals surface area contributed by atoms with Crippen molar-refractivity contribution in [1.82, 2.24) is 0 Å². The molecule has 7 N–H and O–H groups in total. The van der Waals surface area contributed by atoms with E-state index in [-0.39, 0.29) is 31.5 Å². The molecule has 0 amide bonds. The summed E-state index contributed by atoms with van der Waals surface area (Å²) in [5.74, 6) is 0.733. The van der Waals surface area contributed by atoms with Gasteiger partial charge >= 0.3 is 6.16 Å². The Balaban J connectivity index is 1.49. The van der Waals surface area contributed by atoms with Crippen LogP contribution in [0.2, 0.25) is 0 Å². The van der Waals surface area contributed by atoms with Gasteiger partial charge in [-0.1, -0.05) is 45.9 Å². The smallest absolute Gasteiger partial charge is 0.434 e. The third-order valence-electron chi connectivity index (χ3n) is 7.26. The normalized spacial score (nSPS) is 33.6. The van der Waals surface area contributed by atoms with Crippen LogP contribution in [0.3, 0.4) is 0 Å². The first-order chi connectivity index (χ1) is 19.9. The van der Waals surface area contributed by atoms with Gasteiger partial charge in [-0.3, -0.25) is 0 Å². The highest BCUT2D eigenvalue weighted by atomic mass is 16.7. The van der Waals surface area contributed by atoms with Crippen LogP contribution in [-0.4, -0.2) is 130 Å². The maximum absolute atomic E-state index is 12.4. The zero-order valence-electron chi connectivity index (χ0n) is 24.2. The molecule has 1 aromatic rings. The fourth-order valence-electron chi connectivity index (χ4n) is 4.82. The van der Waals surface area contributed by atoms with Crippen molar-refractivity contribution >= 4 is 6.16 Å². The molecule has 10 atom stereocenters. The van der Waals surface area contributed by atoms with Crippen molar-refractivity contribution in [2.75, 3.05) is 26.4 Å². The molecule has 2 fully saturated rings. The molecule has 0 saturated carbocycles. The van der Waals surface area contributed by atoms with Crippen LogP contribution >= 0.6 is 0 Å². The van der Waals surface area contributed by atoms with Crippen molar-refractivity contribution in [2.45, 2.75) is 107 Å². The van der Waals surface area contributed by atoms with Crippen LogP contribution < -0.4 is 4.74 Å². The zero-order valence-corrected chi connectivity index (χ0v) is 24.2. The highest BCUT2D eigenvalue weighted by molar-refractivity contribution is 5.66. The summed E-state index contributed by atoms with van der Waals surface area (Å²) in [6, 6.07) is 5.72. The third kappa shape index (κ3) is 8.15. The van der Waals surface area contributed by atoms with E-state index in [1.54, 1.807) is 0 Å². The van der Waals surface area contributed by atoms with Crippen molar-refractivity contribution in [1.29, 1.82) is 0 Å². The van der Waals surface area contributed by atoms with Gasteiger partial charge in [0.15, 0.2) is 12.6 Å². The summed E-state index contributed by atoms with van der Waals surface area (Å²) < 4.78 is 32.6. The van der Waals surface area contributed by atoms with Gasteiger partial charge in [-0.05, 0) is 23.0 Å². The standard InChI is InChI=1S/C28H44O14/c1-13(2)15-7-5-8-16(14(3)4)24(15)42-28(36)38-10-6-9-37-26-23(35)21(33)25(18(12-30)40-26)41-27-22(34)20(32)19(31)17(11-29)39-27/h5,7-8,13-14,17-23,25-27,29-35H,6,9-12H2,1-4H3/t17-,18-,19-,20+,21-,22-,23-,25-,26-,27?/m1/s1. The van der Waals surface area contributed by atoms with E-state index in [0.717, 1.165) is 11.1 Å². The maximum atomic E-state index is 12.4. The molecule has 2 aliphatic heterocycles. The van der Waals surface area contributed by atoms with Gasteiger partial charge in [0.2, 0.25) is 0 Å². The first kappa shape index (κ1) is 34.5. The molecule has 14 heteroatoms. The summed E-state index contributed by atoms with van der Waals surface area (Å²) in [6.07, 6.45) is -16.1. The van der Waals surface area contributed by atoms with Crippen LogP contribution in [0.25, 0.3) is 0 Å². The third-order valence-corrected chi connectivity index (χ3v) is 7.26. The van der Waals surface area contributed by atoms with E-state index < -0.39 is 80.8 Å². The van der Waals surface area contributed by atoms with E-state index in [4.69, 9.17) is 28.4 Å². The Kier molecular flexibility index (Phi) is 12.9. The van der Waals surface area contributed by atoms with Crippen LogP contribution in [0.1, 0.15) is 57.1 Å². The van der Waals surface area contributed by atoms with Crippen molar-refractivity contribution in [3.8, 4) is 5.75 Å². The molecule has 1 unspecified atom stereocenters. The molecule has 0 radical (unpaired) electrons. The molecule has 0 aliphatic carbocycles. The zero-order chi connectivity index (χ0) is 31.1. The van der Waals surface area contributed by atoms with Crippen molar-refractivity contribution in [3.05, 3.63) is 29.3 Å². The van der Waals surface area contributed by atoms with Gasteiger partial charge in [0.1, 0.15) is 54.6 Å². The van der Waals surface area contributed by atoms with Crippen molar-refractivity contribution in [3.63, 3.8) is 0 Å². The van der Waals surface area contributed by atoms with E-state index in [2.05, 4.69) is 0 Å².